The Morgan fingerprint density at radius 1 is 1.19 bits per heavy atom. The molecule has 36 heavy (non-hydrogen) atoms. The predicted octanol–water partition coefficient (Wildman–Crippen LogP) is 4.69. The van der Waals surface area contributed by atoms with E-state index in [0.717, 1.165) is 49.2 Å². The number of dihydropyridines is 1. The van der Waals surface area contributed by atoms with Gasteiger partial charge in [-0.1, -0.05) is 35.9 Å². The molecule has 0 spiro atoms. The lowest BCUT2D eigenvalue weighted by Gasteiger charge is -2.38. The molecule has 3 aliphatic rings. The van der Waals surface area contributed by atoms with E-state index in [2.05, 4.69) is 22.0 Å². The maximum absolute atomic E-state index is 11.2. The highest BCUT2D eigenvalue weighted by Gasteiger charge is 2.34. The third-order valence-electron chi connectivity index (χ3n) is 7.32. The van der Waals surface area contributed by atoms with E-state index >= 15 is 0 Å². The van der Waals surface area contributed by atoms with Gasteiger partial charge in [0.05, 0.1) is 11.6 Å². The summed E-state index contributed by atoms with van der Waals surface area (Å²) in [6.07, 6.45) is 11.3. The lowest BCUT2D eigenvalue weighted by Crippen LogP contribution is -2.42. The summed E-state index contributed by atoms with van der Waals surface area (Å²) in [5.74, 6) is 1.58. The molecule has 0 amide bonds. The first kappa shape index (κ1) is 24.8. The van der Waals surface area contributed by atoms with Crippen LogP contribution < -0.4 is 9.47 Å². The van der Waals surface area contributed by atoms with Gasteiger partial charge in [-0.3, -0.25) is 9.79 Å². The molecule has 5 rings (SSSR count). The Balaban J connectivity index is 1.30. The monoisotopic (exact) mass is 506 g/mol. The van der Waals surface area contributed by atoms with Gasteiger partial charge in [-0.15, -0.1) is 0 Å². The average molecular weight is 507 g/mol. The van der Waals surface area contributed by atoms with Crippen molar-refractivity contribution in [2.75, 3.05) is 32.8 Å². The molecule has 1 N–H and O–H groups in total. The topological polar surface area (TPSA) is 71.4 Å². The first-order valence-electron chi connectivity index (χ1n) is 12.5. The fraction of sp³-hybridized carbons (Fsp3) is 0.379. The number of aliphatic hydroxyl groups is 1. The Labute approximate surface area is 216 Å². The maximum atomic E-state index is 11.2. The number of carbonyl (C=O) groups excluding carboxylic acids is 1. The highest BCUT2D eigenvalue weighted by molar-refractivity contribution is 6.30. The third kappa shape index (κ3) is 5.41. The predicted molar refractivity (Wildman–Crippen MR) is 142 cm³/mol. The number of ether oxygens (including phenoxy) is 2. The fourth-order valence-electron chi connectivity index (χ4n) is 5.29. The molecule has 0 saturated carbocycles. The van der Waals surface area contributed by atoms with Gasteiger partial charge in [0.15, 0.2) is 6.29 Å². The molecule has 7 heteroatoms. The van der Waals surface area contributed by atoms with Gasteiger partial charge < -0.3 is 19.5 Å². The number of allylic oxidation sites excluding steroid dienone is 1. The first-order valence-corrected chi connectivity index (χ1v) is 12.9. The number of carbonyl (C=O) groups is 1. The van der Waals surface area contributed by atoms with Crippen molar-refractivity contribution < 1.29 is 19.4 Å². The van der Waals surface area contributed by atoms with E-state index in [9.17, 15) is 9.90 Å². The molecule has 0 aromatic heterocycles. The van der Waals surface area contributed by atoms with Gasteiger partial charge in [0.1, 0.15) is 24.7 Å². The molecule has 1 saturated heterocycles. The third-order valence-corrected chi connectivity index (χ3v) is 7.57. The summed E-state index contributed by atoms with van der Waals surface area (Å²) in [4.78, 5) is 17.9. The van der Waals surface area contributed by atoms with Crippen molar-refractivity contribution in [2.24, 2.45) is 10.9 Å². The standard InChI is InChI=1S/C29H31ClN2O4/c30-22-7-5-21(6-8-22)29(34)11-15-32(16-12-29)14-2-4-24-25-3-1-13-31-27(25)20-36-28-10-9-23(19-26(24)28)35-18-17-33/h1,3-10,13,17,19,25,27,34H,2,11-12,14-16,18,20H2. The number of halogens is 1. The van der Waals surface area contributed by atoms with Crippen LogP contribution in [0.5, 0.6) is 11.5 Å². The first-order chi connectivity index (χ1) is 17.6. The van der Waals surface area contributed by atoms with E-state index in [1.165, 1.54) is 5.57 Å². The molecule has 0 aliphatic carbocycles. The van der Waals surface area contributed by atoms with Crippen molar-refractivity contribution >= 4 is 29.7 Å². The smallest absolute Gasteiger partial charge is 0.157 e. The van der Waals surface area contributed by atoms with E-state index in [4.69, 9.17) is 21.1 Å². The number of aliphatic imine (C=N–C) groups is 1. The van der Waals surface area contributed by atoms with E-state index in [0.29, 0.717) is 30.2 Å². The average Bonchev–Trinajstić information content (AvgIpc) is 3.06. The fourth-order valence-corrected chi connectivity index (χ4v) is 5.41. The summed E-state index contributed by atoms with van der Waals surface area (Å²) < 4.78 is 11.7. The van der Waals surface area contributed by atoms with Gasteiger partial charge in [-0.25, -0.2) is 0 Å². The Bertz CT molecular complexity index is 1170. The van der Waals surface area contributed by atoms with Gasteiger partial charge in [-0.05, 0) is 66.8 Å². The number of hydrogen-bond acceptors (Lipinski definition) is 6. The zero-order valence-electron chi connectivity index (χ0n) is 20.2. The largest absolute Gasteiger partial charge is 0.491 e. The second-order valence-electron chi connectivity index (χ2n) is 9.55. The lowest BCUT2D eigenvalue weighted by molar-refractivity contribution is -0.109. The van der Waals surface area contributed by atoms with Crippen molar-refractivity contribution in [1.82, 2.24) is 4.90 Å². The van der Waals surface area contributed by atoms with E-state index in [1.54, 1.807) is 0 Å². The summed E-state index contributed by atoms with van der Waals surface area (Å²) in [5, 5.41) is 11.9. The van der Waals surface area contributed by atoms with Crippen LogP contribution in [0.1, 0.15) is 30.4 Å². The minimum atomic E-state index is -0.798. The van der Waals surface area contributed by atoms with Gasteiger partial charge in [0.2, 0.25) is 0 Å². The Morgan fingerprint density at radius 2 is 2.00 bits per heavy atom. The van der Waals surface area contributed by atoms with Gasteiger partial charge in [0.25, 0.3) is 0 Å². The van der Waals surface area contributed by atoms with Crippen LogP contribution >= 0.6 is 11.6 Å². The number of benzene rings is 2. The molecular formula is C29H31ClN2O4. The molecule has 6 nitrogen and oxygen atoms in total. The van der Waals surface area contributed by atoms with Crippen molar-refractivity contribution in [3.05, 3.63) is 76.8 Å². The highest BCUT2D eigenvalue weighted by atomic mass is 35.5. The molecule has 0 radical (unpaired) electrons. The number of likely N-dealkylation sites (tertiary alicyclic amines) is 1. The Kier molecular flexibility index (Phi) is 7.56. The molecule has 2 unspecified atom stereocenters. The van der Waals surface area contributed by atoms with Gasteiger partial charge >= 0.3 is 0 Å². The molecule has 2 aromatic carbocycles. The number of hydrogen-bond donors (Lipinski definition) is 1. The number of aldehydes is 1. The quantitative estimate of drug-likeness (QED) is 0.551. The van der Waals surface area contributed by atoms with E-state index in [-0.39, 0.29) is 18.6 Å². The maximum Gasteiger partial charge on any atom is 0.157 e. The van der Waals surface area contributed by atoms with Crippen LogP contribution in [0, 0.1) is 5.92 Å². The van der Waals surface area contributed by atoms with Crippen LogP contribution in [0.25, 0.3) is 5.57 Å². The molecule has 2 atom stereocenters. The summed E-state index contributed by atoms with van der Waals surface area (Å²) in [7, 11) is 0. The second kappa shape index (κ2) is 11.0. The molecule has 0 bridgehead atoms. The normalized spacial score (nSPS) is 23.9. The van der Waals surface area contributed by atoms with Crippen molar-refractivity contribution in [2.45, 2.75) is 30.9 Å². The summed E-state index contributed by atoms with van der Waals surface area (Å²) in [6.45, 7) is 3.11. The van der Waals surface area contributed by atoms with Gasteiger partial charge in [0, 0.05) is 42.4 Å². The van der Waals surface area contributed by atoms with Crippen LogP contribution in [-0.2, 0) is 10.4 Å². The zero-order valence-corrected chi connectivity index (χ0v) is 20.9. The molecule has 2 aromatic rings. The number of rotatable bonds is 7. The van der Waals surface area contributed by atoms with Crippen LogP contribution in [0.3, 0.4) is 0 Å². The van der Waals surface area contributed by atoms with Crippen molar-refractivity contribution in [3.63, 3.8) is 0 Å². The highest BCUT2D eigenvalue weighted by Crippen LogP contribution is 2.41. The summed E-state index contributed by atoms with van der Waals surface area (Å²) >= 11 is 6.02. The Morgan fingerprint density at radius 3 is 2.78 bits per heavy atom. The van der Waals surface area contributed by atoms with Crippen molar-refractivity contribution in [1.29, 1.82) is 0 Å². The summed E-state index contributed by atoms with van der Waals surface area (Å²) in [6, 6.07) is 13.3. The molecular weight excluding hydrogens is 476 g/mol. The van der Waals surface area contributed by atoms with Crippen molar-refractivity contribution in [3.8, 4) is 11.5 Å². The molecule has 1 fully saturated rings. The SMILES string of the molecule is O=CCOc1ccc2c(c1)C(=CCCN1CCC(O)(c3ccc(Cl)cc3)CC1)C1C=CC=NC1CO2. The molecule has 3 aliphatic heterocycles. The number of nitrogens with zero attached hydrogens (tertiary/aromatic N) is 2. The van der Waals surface area contributed by atoms with Crippen LogP contribution in [0.2, 0.25) is 5.02 Å². The number of piperidine rings is 1. The second-order valence-corrected chi connectivity index (χ2v) is 9.99. The van der Waals surface area contributed by atoms with E-state index in [1.807, 2.05) is 54.8 Å². The Hall–Kier alpha value is -2.93. The zero-order chi connectivity index (χ0) is 25.0. The van der Waals surface area contributed by atoms with Gasteiger partial charge in [-0.2, -0.15) is 0 Å². The van der Waals surface area contributed by atoms with Crippen LogP contribution in [0.4, 0.5) is 0 Å². The molecule has 3 heterocycles. The van der Waals surface area contributed by atoms with Crippen LogP contribution in [-0.4, -0.2) is 61.4 Å². The summed E-state index contributed by atoms with van der Waals surface area (Å²) in [5.41, 5.74) is 2.30. The molecule has 188 valence electrons. The minimum absolute atomic E-state index is 0.0201. The van der Waals surface area contributed by atoms with Crippen LogP contribution in [0.15, 0.2) is 65.7 Å². The van der Waals surface area contributed by atoms with E-state index < -0.39 is 5.60 Å². The minimum Gasteiger partial charge on any atom is -0.491 e. The number of fused-ring (bicyclic) bond motifs is 2. The lowest BCUT2D eigenvalue weighted by atomic mass is 9.84.